The lowest BCUT2D eigenvalue weighted by Gasteiger charge is -2.02. The summed E-state index contributed by atoms with van der Waals surface area (Å²) < 4.78 is 6.08. The minimum absolute atomic E-state index is 0.187. The van der Waals surface area contributed by atoms with E-state index in [0.717, 1.165) is 18.7 Å². The first-order valence-electron chi connectivity index (χ1n) is 5.77. The smallest absolute Gasteiger partial charge is 0.236 e. The number of rotatable bonds is 5. The molecule has 1 aliphatic carbocycles. The second-order valence-corrected chi connectivity index (χ2v) is 5.15. The van der Waals surface area contributed by atoms with Crippen LogP contribution in [0, 0.1) is 0 Å². The second-order valence-electron chi connectivity index (χ2n) is 4.21. The molecular formula is C10H12N6O2S. The number of nitrogen functional groups attached to an aromatic ring is 1. The first-order chi connectivity index (χ1) is 9.24. The maximum atomic E-state index is 11.6. The van der Waals surface area contributed by atoms with Crippen molar-refractivity contribution in [2.24, 2.45) is 0 Å². The molecule has 0 saturated heterocycles. The number of carbonyl (C=O) groups excluding carboxylic acids is 1. The van der Waals surface area contributed by atoms with Crippen molar-refractivity contribution in [1.29, 1.82) is 0 Å². The standard InChI is InChI=1S/C10H12N6O2S/c11-16-9(6-1-2-6)13-14-10(16)19-5-8(17)12-7-3-4-18-15-7/h3-4,6H,1-2,5,11H2,(H,12,15,17). The molecule has 0 aromatic carbocycles. The van der Waals surface area contributed by atoms with Gasteiger partial charge < -0.3 is 15.7 Å². The van der Waals surface area contributed by atoms with Gasteiger partial charge in [-0.2, -0.15) is 0 Å². The Balaban J connectivity index is 1.55. The molecule has 0 radical (unpaired) electrons. The molecule has 3 rings (SSSR count). The molecule has 19 heavy (non-hydrogen) atoms. The van der Waals surface area contributed by atoms with Crippen LogP contribution >= 0.6 is 11.8 Å². The maximum absolute atomic E-state index is 11.6. The van der Waals surface area contributed by atoms with Crippen LogP contribution in [0.1, 0.15) is 24.6 Å². The zero-order chi connectivity index (χ0) is 13.2. The zero-order valence-electron chi connectivity index (χ0n) is 9.94. The van der Waals surface area contributed by atoms with Crippen molar-refractivity contribution >= 4 is 23.5 Å². The van der Waals surface area contributed by atoms with Crippen LogP contribution < -0.4 is 11.2 Å². The van der Waals surface area contributed by atoms with E-state index < -0.39 is 0 Å². The summed E-state index contributed by atoms with van der Waals surface area (Å²) in [5, 5.41) is 14.7. The molecule has 1 saturated carbocycles. The molecule has 1 aliphatic rings. The first kappa shape index (κ1) is 12.0. The summed E-state index contributed by atoms with van der Waals surface area (Å²) in [5.74, 6) is 7.47. The fraction of sp³-hybridized carbons (Fsp3) is 0.400. The van der Waals surface area contributed by atoms with E-state index >= 15 is 0 Å². The molecule has 100 valence electrons. The van der Waals surface area contributed by atoms with Crippen LogP contribution in [0.3, 0.4) is 0 Å². The van der Waals surface area contributed by atoms with E-state index in [1.54, 1.807) is 6.07 Å². The fourth-order valence-corrected chi connectivity index (χ4v) is 2.26. The quantitative estimate of drug-likeness (QED) is 0.608. The van der Waals surface area contributed by atoms with Gasteiger partial charge in [0.15, 0.2) is 11.6 Å². The van der Waals surface area contributed by atoms with Gasteiger partial charge >= 0.3 is 0 Å². The van der Waals surface area contributed by atoms with Gasteiger partial charge in [0.25, 0.3) is 0 Å². The van der Waals surface area contributed by atoms with Crippen LogP contribution in [0.2, 0.25) is 0 Å². The molecule has 2 aromatic heterocycles. The molecule has 1 fully saturated rings. The van der Waals surface area contributed by atoms with Crippen LogP contribution in [0.4, 0.5) is 5.82 Å². The maximum Gasteiger partial charge on any atom is 0.236 e. The Kier molecular flexibility index (Phi) is 3.11. The molecule has 8 nitrogen and oxygen atoms in total. The molecule has 2 heterocycles. The number of nitrogens with two attached hydrogens (primary N) is 1. The third-order valence-electron chi connectivity index (χ3n) is 2.67. The number of nitrogens with one attached hydrogen (secondary N) is 1. The summed E-state index contributed by atoms with van der Waals surface area (Å²) in [6, 6.07) is 1.57. The van der Waals surface area contributed by atoms with Crippen molar-refractivity contribution in [3.05, 3.63) is 18.2 Å². The van der Waals surface area contributed by atoms with E-state index in [4.69, 9.17) is 5.84 Å². The Morgan fingerprint density at radius 2 is 2.42 bits per heavy atom. The van der Waals surface area contributed by atoms with Crippen LogP contribution in [0.5, 0.6) is 0 Å². The summed E-state index contributed by atoms with van der Waals surface area (Å²) in [6.45, 7) is 0. The number of anilines is 1. The van der Waals surface area contributed by atoms with Crippen molar-refractivity contribution in [3.63, 3.8) is 0 Å². The van der Waals surface area contributed by atoms with Gasteiger partial charge in [-0.05, 0) is 12.8 Å². The average Bonchev–Trinajstić information content (AvgIpc) is 2.98. The molecule has 1 amide bonds. The zero-order valence-corrected chi connectivity index (χ0v) is 10.8. The van der Waals surface area contributed by atoms with E-state index in [-0.39, 0.29) is 11.7 Å². The predicted octanol–water partition coefficient (Wildman–Crippen LogP) is 0.588. The monoisotopic (exact) mass is 280 g/mol. The van der Waals surface area contributed by atoms with Gasteiger partial charge in [-0.3, -0.25) is 4.79 Å². The summed E-state index contributed by atoms with van der Waals surface area (Å²) in [6.07, 6.45) is 3.60. The Morgan fingerprint density at radius 3 is 3.11 bits per heavy atom. The van der Waals surface area contributed by atoms with Gasteiger partial charge in [0.2, 0.25) is 11.1 Å². The number of carbonyl (C=O) groups is 1. The van der Waals surface area contributed by atoms with Gasteiger partial charge in [0.05, 0.1) is 5.75 Å². The molecule has 0 atom stereocenters. The number of aromatic nitrogens is 4. The lowest BCUT2D eigenvalue weighted by Crippen LogP contribution is -2.17. The van der Waals surface area contributed by atoms with Gasteiger partial charge in [0.1, 0.15) is 6.26 Å². The molecule has 3 N–H and O–H groups in total. The largest absolute Gasteiger partial charge is 0.363 e. The van der Waals surface area contributed by atoms with Crippen LogP contribution in [-0.2, 0) is 4.79 Å². The van der Waals surface area contributed by atoms with Gasteiger partial charge in [-0.25, -0.2) is 4.68 Å². The SMILES string of the molecule is Nn1c(SCC(=O)Nc2ccon2)nnc1C1CC1. The van der Waals surface area contributed by atoms with Crippen LogP contribution in [-0.4, -0.2) is 31.7 Å². The molecule has 9 heteroatoms. The normalized spacial score (nSPS) is 14.5. The molecule has 0 aliphatic heterocycles. The minimum Gasteiger partial charge on any atom is -0.363 e. The molecule has 0 spiro atoms. The van der Waals surface area contributed by atoms with Gasteiger partial charge in [-0.1, -0.05) is 16.9 Å². The number of thioether (sulfide) groups is 1. The van der Waals surface area contributed by atoms with E-state index in [1.165, 1.54) is 22.7 Å². The Labute approximate surface area is 112 Å². The Hall–Kier alpha value is -2.03. The Morgan fingerprint density at radius 1 is 1.58 bits per heavy atom. The highest BCUT2D eigenvalue weighted by atomic mass is 32.2. The van der Waals surface area contributed by atoms with Gasteiger partial charge in [0, 0.05) is 12.0 Å². The molecule has 2 aromatic rings. The van der Waals surface area contributed by atoms with Crippen LogP contribution in [0.15, 0.2) is 22.0 Å². The average molecular weight is 280 g/mol. The van der Waals surface area contributed by atoms with E-state index in [9.17, 15) is 4.79 Å². The summed E-state index contributed by atoms with van der Waals surface area (Å²) >= 11 is 1.24. The summed E-state index contributed by atoms with van der Waals surface area (Å²) in [7, 11) is 0. The van der Waals surface area contributed by atoms with Crippen LogP contribution in [0.25, 0.3) is 0 Å². The van der Waals surface area contributed by atoms with E-state index in [1.807, 2.05) is 0 Å². The van der Waals surface area contributed by atoms with Crippen molar-refractivity contribution in [3.8, 4) is 0 Å². The summed E-state index contributed by atoms with van der Waals surface area (Å²) in [5.41, 5.74) is 0. The second kappa shape index (κ2) is 4.92. The lowest BCUT2D eigenvalue weighted by atomic mass is 10.4. The van der Waals surface area contributed by atoms with Crippen molar-refractivity contribution in [2.45, 2.75) is 23.9 Å². The molecular weight excluding hydrogens is 268 g/mol. The molecule has 0 unspecified atom stereocenters. The highest BCUT2D eigenvalue weighted by Crippen LogP contribution is 2.39. The highest BCUT2D eigenvalue weighted by molar-refractivity contribution is 7.99. The third kappa shape index (κ3) is 2.70. The fourth-order valence-electron chi connectivity index (χ4n) is 1.59. The number of hydrogen-bond donors (Lipinski definition) is 2. The van der Waals surface area contributed by atoms with E-state index in [2.05, 4.69) is 25.2 Å². The van der Waals surface area contributed by atoms with Crippen molar-refractivity contribution < 1.29 is 9.32 Å². The topological polar surface area (TPSA) is 112 Å². The lowest BCUT2D eigenvalue weighted by molar-refractivity contribution is -0.113. The first-order valence-corrected chi connectivity index (χ1v) is 6.76. The Bertz CT molecular complexity index is 577. The van der Waals surface area contributed by atoms with Crippen molar-refractivity contribution in [2.75, 3.05) is 16.9 Å². The number of nitrogens with zero attached hydrogens (tertiary/aromatic N) is 4. The van der Waals surface area contributed by atoms with Gasteiger partial charge in [-0.15, -0.1) is 10.2 Å². The minimum atomic E-state index is -0.199. The number of hydrogen-bond acceptors (Lipinski definition) is 7. The third-order valence-corrected chi connectivity index (χ3v) is 3.61. The summed E-state index contributed by atoms with van der Waals surface area (Å²) in [4.78, 5) is 11.6. The number of amides is 1. The highest BCUT2D eigenvalue weighted by Gasteiger charge is 2.29. The van der Waals surface area contributed by atoms with E-state index in [0.29, 0.717) is 16.9 Å². The predicted molar refractivity (Wildman–Crippen MR) is 68.0 cm³/mol. The molecule has 0 bridgehead atoms. The van der Waals surface area contributed by atoms with Crippen molar-refractivity contribution in [1.82, 2.24) is 20.0 Å².